The number of halogens is 1. The molecule has 4 unspecified atom stereocenters. The Morgan fingerprint density at radius 1 is 0.963 bits per heavy atom. The molecule has 2 aliphatic carbocycles. The fourth-order valence-electron chi connectivity index (χ4n) is 4.45. The lowest BCUT2D eigenvalue weighted by atomic mass is 9.84. The zero-order valence-corrected chi connectivity index (χ0v) is 15.6. The summed E-state index contributed by atoms with van der Waals surface area (Å²) >= 11 is 6.20. The van der Waals surface area contributed by atoms with Crippen LogP contribution >= 0.6 is 11.6 Å². The van der Waals surface area contributed by atoms with Crippen molar-refractivity contribution in [3.63, 3.8) is 0 Å². The van der Waals surface area contributed by atoms with Crippen molar-refractivity contribution in [2.45, 2.75) is 25.3 Å². The first-order valence-electron chi connectivity index (χ1n) is 9.25. The maximum atomic E-state index is 12.7. The van der Waals surface area contributed by atoms with Gasteiger partial charge in [0.25, 0.3) is 5.91 Å². The molecule has 4 rings (SSSR count). The summed E-state index contributed by atoms with van der Waals surface area (Å²) in [5.74, 6) is 0.299. The van der Waals surface area contributed by atoms with Crippen molar-refractivity contribution in [3.05, 3.63) is 59.1 Å². The van der Waals surface area contributed by atoms with Crippen molar-refractivity contribution < 1.29 is 9.59 Å². The quantitative estimate of drug-likeness (QED) is 0.748. The third-order valence-electron chi connectivity index (χ3n) is 5.79. The zero-order valence-electron chi connectivity index (χ0n) is 14.8. The second-order valence-corrected chi connectivity index (χ2v) is 7.85. The number of carbonyl (C=O) groups excluding carboxylic acids is 2. The number of para-hydroxylation sites is 1. The fraction of sp³-hybridized carbons (Fsp3) is 0.333. The number of carbonyl (C=O) groups is 2. The first-order chi connectivity index (χ1) is 13.0. The minimum atomic E-state index is -0.320. The predicted octanol–water partition coefficient (Wildman–Crippen LogP) is 3.90. The van der Waals surface area contributed by atoms with Gasteiger partial charge in [-0.2, -0.15) is 0 Å². The molecule has 2 aromatic rings. The average molecular weight is 384 g/mol. The molecule has 0 spiro atoms. The van der Waals surface area contributed by atoms with E-state index >= 15 is 0 Å². The lowest BCUT2D eigenvalue weighted by molar-refractivity contribution is -0.121. The van der Waals surface area contributed by atoms with E-state index in [1.54, 1.807) is 30.3 Å². The molecule has 2 saturated carbocycles. The van der Waals surface area contributed by atoms with Gasteiger partial charge in [-0.1, -0.05) is 29.8 Å². The Kier molecular flexibility index (Phi) is 4.89. The number of benzene rings is 2. The third-order valence-corrected chi connectivity index (χ3v) is 6.12. The second kappa shape index (κ2) is 7.33. The van der Waals surface area contributed by atoms with Crippen LogP contribution in [0.25, 0.3) is 0 Å². The van der Waals surface area contributed by atoms with Gasteiger partial charge in [-0.3, -0.25) is 9.59 Å². The first kappa shape index (κ1) is 18.0. The number of fused-ring (bicyclic) bond motifs is 2. The summed E-state index contributed by atoms with van der Waals surface area (Å²) in [6.45, 7) is 0. The number of nitrogens with one attached hydrogen (secondary N) is 2. The summed E-state index contributed by atoms with van der Waals surface area (Å²) in [4.78, 5) is 25.3. The van der Waals surface area contributed by atoms with Gasteiger partial charge < -0.3 is 16.4 Å². The molecule has 2 bridgehead atoms. The molecule has 0 heterocycles. The van der Waals surface area contributed by atoms with Crippen molar-refractivity contribution >= 4 is 34.8 Å². The van der Waals surface area contributed by atoms with E-state index in [0.29, 0.717) is 33.8 Å². The Bertz CT molecular complexity index is 869. The maximum Gasteiger partial charge on any atom is 0.257 e. The Morgan fingerprint density at radius 3 is 2.41 bits per heavy atom. The van der Waals surface area contributed by atoms with Crippen molar-refractivity contribution in [1.82, 2.24) is 0 Å². The van der Waals surface area contributed by atoms with Crippen molar-refractivity contribution in [2.75, 3.05) is 10.6 Å². The van der Waals surface area contributed by atoms with Gasteiger partial charge in [0.1, 0.15) is 0 Å². The van der Waals surface area contributed by atoms with E-state index in [0.717, 1.165) is 19.3 Å². The van der Waals surface area contributed by atoms with E-state index in [2.05, 4.69) is 10.6 Å². The lowest BCUT2D eigenvalue weighted by Gasteiger charge is -2.27. The Labute approximate surface area is 163 Å². The molecular weight excluding hydrogens is 362 g/mol. The minimum absolute atomic E-state index is 0.0635. The number of rotatable bonds is 4. The Balaban J connectivity index is 1.49. The van der Waals surface area contributed by atoms with Crippen LogP contribution in [0.2, 0.25) is 5.02 Å². The summed E-state index contributed by atoms with van der Waals surface area (Å²) in [7, 11) is 0. The summed E-state index contributed by atoms with van der Waals surface area (Å²) < 4.78 is 0. The standard InChI is InChI=1S/C21H22ClN3O2/c22-17-9-8-15(11-16(17)20(26)24-14-4-2-1-3-5-14)25-21(27)18-12-6-7-13(10-12)19(18)23/h1-5,8-9,11-13,18-19H,6-7,10,23H2,(H,24,26)(H,25,27). The van der Waals surface area contributed by atoms with E-state index in [-0.39, 0.29) is 23.8 Å². The molecule has 140 valence electrons. The largest absolute Gasteiger partial charge is 0.327 e. The van der Waals surface area contributed by atoms with Crippen molar-refractivity contribution in [3.8, 4) is 0 Å². The molecule has 0 aromatic heterocycles. The first-order valence-corrected chi connectivity index (χ1v) is 9.63. The van der Waals surface area contributed by atoms with Gasteiger partial charge in [0.15, 0.2) is 0 Å². The third kappa shape index (κ3) is 3.57. The smallest absolute Gasteiger partial charge is 0.257 e. The highest BCUT2D eigenvalue weighted by Crippen LogP contribution is 2.47. The molecule has 0 saturated heterocycles. The zero-order chi connectivity index (χ0) is 19.0. The minimum Gasteiger partial charge on any atom is -0.327 e. The molecule has 4 atom stereocenters. The summed E-state index contributed by atoms with van der Waals surface area (Å²) in [6.07, 6.45) is 3.24. The summed E-state index contributed by atoms with van der Waals surface area (Å²) in [5.41, 5.74) is 7.81. The van der Waals surface area contributed by atoms with Crippen LogP contribution in [0, 0.1) is 17.8 Å². The van der Waals surface area contributed by atoms with Crippen molar-refractivity contribution in [1.29, 1.82) is 0 Å². The molecule has 2 amide bonds. The van der Waals surface area contributed by atoms with Gasteiger partial charge in [0.2, 0.25) is 5.91 Å². The molecule has 27 heavy (non-hydrogen) atoms. The highest BCUT2D eigenvalue weighted by atomic mass is 35.5. The van der Waals surface area contributed by atoms with Gasteiger partial charge in [-0.15, -0.1) is 0 Å². The number of hydrogen-bond acceptors (Lipinski definition) is 3. The summed E-state index contributed by atoms with van der Waals surface area (Å²) in [5, 5.41) is 6.07. The van der Waals surface area contributed by atoms with E-state index in [9.17, 15) is 9.59 Å². The van der Waals surface area contributed by atoms with E-state index in [1.807, 2.05) is 18.2 Å². The van der Waals surface area contributed by atoms with E-state index in [4.69, 9.17) is 17.3 Å². The molecule has 2 fully saturated rings. The summed E-state index contributed by atoms with van der Waals surface area (Å²) in [6, 6.07) is 14.0. The van der Waals surface area contributed by atoms with Crippen LogP contribution in [0.15, 0.2) is 48.5 Å². The maximum absolute atomic E-state index is 12.7. The molecule has 2 aliphatic rings. The molecule has 0 radical (unpaired) electrons. The number of nitrogens with two attached hydrogens (primary N) is 1. The van der Waals surface area contributed by atoms with Gasteiger partial charge in [0.05, 0.1) is 16.5 Å². The molecule has 6 heteroatoms. The normalized spacial score (nSPS) is 26.0. The SMILES string of the molecule is NC1C2CCC(C2)C1C(=O)Nc1ccc(Cl)c(C(=O)Nc2ccccc2)c1. The van der Waals surface area contributed by atoms with Crippen LogP contribution in [-0.2, 0) is 4.79 Å². The monoisotopic (exact) mass is 383 g/mol. The van der Waals surface area contributed by atoms with Gasteiger partial charge >= 0.3 is 0 Å². The molecule has 0 aliphatic heterocycles. The van der Waals surface area contributed by atoms with Gasteiger partial charge in [0, 0.05) is 17.4 Å². The van der Waals surface area contributed by atoms with Crippen molar-refractivity contribution in [2.24, 2.45) is 23.5 Å². The van der Waals surface area contributed by atoms with Crippen LogP contribution < -0.4 is 16.4 Å². The van der Waals surface area contributed by atoms with Crippen LogP contribution in [0.5, 0.6) is 0 Å². The fourth-order valence-corrected chi connectivity index (χ4v) is 4.65. The topological polar surface area (TPSA) is 84.2 Å². The van der Waals surface area contributed by atoms with Crippen LogP contribution in [0.1, 0.15) is 29.6 Å². The van der Waals surface area contributed by atoms with Gasteiger partial charge in [-0.05, 0) is 61.4 Å². The number of amides is 2. The Morgan fingerprint density at radius 2 is 1.70 bits per heavy atom. The van der Waals surface area contributed by atoms with Gasteiger partial charge in [-0.25, -0.2) is 0 Å². The Hall–Kier alpha value is -2.37. The molecular formula is C21H22ClN3O2. The number of hydrogen-bond donors (Lipinski definition) is 3. The lowest BCUT2D eigenvalue weighted by Crippen LogP contribution is -2.42. The highest BCUT2D eigenvalue weighted by molar-refractivity contribution is 6.34. The number of anilines is 2. The van der Waals surface area contributed by atoms with Crippen LogP contribution in [0.4, 0.5) is 11.4 Å². The van der Waals surface area contributed by atoms with Crippen LogP contribution in [0.3, 0.4) is 0 Å². The highest BCUT2D eigenvalue weighted by Gasteiger charge is 2.49. The second-order valence-electron chi connectivity index (χ2n) is 7.44. The average Bonchev–Trinajstić information content (AvgIpc) is 3.25. The predicted molar refractivity (Wildman–Crippen MR) is 107 cm³/mol. The molecule has 2 aromatic carbocycles. The molecule has 5 nitrogen and oxygen atoms in total. The van der Waals surface area contributed by atoms with E-state index in [1.165, 1.54) is 0 Å². The van der Waals surface area contributed by atoms with Crippen LogP contribution in [-0.4, -0.2) is 17.9 Å². The van der Waals surface area contributed by atoms with E-state index < -0.39 is 0 Å². The molecule has 4 N–H and O–H groups in total.